The minimum atomic E-state index is -3.84. The molecule has 1 N–H and O–H groups in total. The van der Waals surface area contributed by atoms with Crippen LogP contribution in [0, 0.1) is 0 Å². The number of benzene rings is 2. The number of ether oxygens (including phenoxy) is 3. The van der Waals surface area contributed by atoms with Gasteiger partial charge in [0.1, 0.15) is 18.3 Å². The normalized spacial score (nSPS) is 13.1. The number of carbonyl (C=O) groups is 2. The van der Waals surface area contributed by atoms with E-state index in [0.29, 0.717) is 30.2 Å². The van der Waals surface area contributed by atoms with Crippen LogP contribution in [0.15, 0.2) is 42.5 Å². The number of rotatable bonds is 12. The van der Waals surface area contributed by atoms with Gasteiger partial charge in [-0.2, -0.15) is 0 Å². The summed E-state index contributed by atoms with van der Waals surface area (Å²) in [5.41, 5.74) is 1.03. The summed E-state index contributed by atoms with van der Waals surface area (Å²) in [7, 11) is -2.29. The molecule has 0 aliphatic carbocycles. The van der Waals surface area contributed by atoms with E-state index in [9.17, 15) is 18.0 Å². The highest BCUT2D eigenvalue weighted by atomic mass is 32.2. The van der Waals surface area contributed by atoms with Crippen molar-refractivity contribution in [1.82, 2.24) is 10.2 Å². The van der Waals surface area contributed by atoms with E-state index in [2.05, 4.69) is 5.32 Å². The van der Waals surface area contributed by atoms with E-state index in [1.807, 2.05) is 13.0 Å². The summed E-state index contributed by atoms with van der Waals surface area (Å²) in [6.07, 6.45) is 0.353. The summed E-state index contributed by atoms with van der Waals surface area (Å²) < 4.78 is 43.2. The standard InChI is InChI=1S/C25H33N3O7S/c1-5-21(25(30)26-6-2)27(15-18-9-8-10-20(13-18)33-4)24(29)16-28(36(31,32)7-3)19-11-12-22-23(14-19)35-17-34-22/h8-14,21H,5-7,15-17H2,1-4H3,(H,26,30)/t21-/m0/s1. The van der Waals surface area contributed by atoms with Crippen LogP contribution in [-0.4, -0.2) is 63.9 Å². The fourth-order valence-corrected chi connectivity index (χ4v) is 4.99. The van der Waals surface area contributed by atoms with Gasteiger partial charge in [0.05, 0.1) is 18.6 Å². The van der Waals surface area contributed by atoms with Gasteiger partial charge in [0.25, 0.3) is 0 Å². The summed E-state index contributed by atoms with van der Waals surface area (Å²) in [6, 6.07) is 11.1. The second-order valence-corrected chi connectivity index (χ2v) is 10.3. The Morgan fingerprint density at radius 2 is 1.83 bits per heavy atom. The smallest absolute Gasteiger partial charge is 0.244 e. The molecule has 36 heavy (non-hydrogen) atoms. The maximum atomic E-state index is 13.7. The van der Waals surface area contributed by atoms with Crippen LogP contribution in [0.5, 0.6) is 17.2 Å². The number of sulfonamides is 1. The molecular weight excluding hydrogens is 486 g/mol. The van der Waals surface area contributed by atoms with Crippen molar-refractivity contribution in [3.8, 4) is 17.2 Å². The van der Waals surface area contributed by atoms with Crippen LogP contribution in [-0.2, 0) is 26.2 Å². The van der Waals surface area contributed by atoms with E-state index in [-0.39, 0.29) is 30.7 Å². The zero-order chi connectivity index (χ0) is 26.3. The van der Waals surface area contributed by atoms with Crippen molar-refractivity contribution in [3.63, 3.8) is 0 Å². The highest BCUT2D eigenvalue weighted by Crippen LogP contribution is 2.36. The second kappa shape index (κ2) is 12.0. The van der Waals surface area contributed by atoms with Gasteiger partial charge in [-0.3, -0.25) is 13.9 Å². The molecule has 1 aliphatic rings. The lowest BCUT2D eigenvalue weighted by molar-refractivity contribution is -0.140. The molecule has 3 rings (SSSR count). The van der Waals surface area contributed by atoms with Crippen LogP contribution in [0.1, 0.15) is 32.8 Å². The molecule has 0 saturated heterocycles. The molecule has 0 saturated carbocycles. The molecule has 1 atom stereocenters. The van der Waals surface area contributed by atoms with Crippen molar-refractivity contribution in [1.29, 1.82) is 0 Å². The average Bonchev–Trinajstić information content (AvgIpc) is 3.35. The quantitative estimate of drug-likeness (QED) is 0.458. The number of nitrogens with one attached hydrogen (secondary N) is 1. The monoisotopic (exact) mass is 519 g/mol. The second-order valence-electron chi connectivity index (χ2n) is 8.14. The minimum absolute atomic E-state index is 0.0390. The van der Waals surface area contributed by atoms with Crippen molar-refractivity contribution in [2.75, 3.05) is 37.1 Å². The molecule has 0 aromatic heterocycles. The van der Waals surface area contributed by atoms with Crippen molar-refractivity contribution < 1.29 is 32.2 Å². The van der Waals surface area contributed by atoms with Gasteiger partial charge in [-0.1, -0.05) is 19.1 Å². The fourth-order valence-electron chi connectivity index (χ4n) is 3.94. The van der Waals surface area contributed by atoms with Crippen LogP contribution in [0.3, 0.4) is 0 Å². The molecule has 196 valence electrons. The fraction of sp³-hybridized carbons (Fsp3) is 0.440. The predicted octanol–water partition coefficient (Wildman–Crippen LogP) is 2.52. The zero-order valence-electron chi connectivity index (χ0n) is 21.0. The Hall–Kier alpha value is -3.47. The molecular formula is C25H33N3O7S. The Labute approximate surface area is 212 Å². The molecule has 2 aromatic carbocycles. The first-order chi connectivity index (χ1) is 17.2. The van der Waals surface area contributed by atoms with E-state index in [1.54, 1.807) is 44.4 Å². The Bertz CT molecular complexity index is 1190. The van der Waals surface area contributed by atoms with E-state index in [1.165, 1.54) is 17.9 Å². The number of likely N-dealkylation sites (N-methyl/N-ethyl adjacent to an activating group) is 1. The number of nitrogens with zero attached hydrogens (tertiary/aromatic N) is 2. The average molecular weight is 520 g/mol. The molecule has 0 unspecified atom stereocenters. The van der Waals surface area contributed by atoms with Crippen molar-refractivity contribution >= 4 is 27.5 Å². The van der Waals surface area contributed by atoms with Crippen LogP contribution in [0.2, 0.25) is 0 Å². The van der Waals surface area contributed by atoms with Gasteiger partial charge in [0.2, 0.25) is 28.6 Å². The highest BCUT2D eigenvalue weighted by molar-refractivity contribution is 7.92. The van der Waals surface area contributed by atoms with Crippen LogP contribution in [0.4, 0.5) is 5.69 Å². The third kappa shape index (κ3) is 6.20. The Morgan fingerprint density at radius 1 is 1.08 bits per heavy atom. The summed E-state index contributed by atoms with van der Waals surface area (Å²) in [6.45, 7) is 5.19. The van der Waals surface area contributed by atoms with Gasteiger partial charge in [-0.25, -0.2) is 8.42 Å². The molecule has 1 heterocycles. The predicted molar refractivity (Wildman–Crippen MR) is 136 cm³/mol. The number of amides is 2. The number of anilines is 1. The lowest BCUT2D eigenvalue weighted by Gasteiger charge is -2.33. The molecule has 2 amide bonds. The SMILES string of the molecule is CCNC(=O)[C@H](CC)N(Cc1cccc(OC)c1)C(=O)CN(c1ccc2c(c1)OCO2)S(=O)(=O)CC. The Kier molecular flexibility index (Phi) is 9.03. The lowest BCUT2D eigenvalue weighted by atomic mass is 10.1. The van der Waals surface area contributed by atoms with Gasteiger partial charge >= 0.3 is 0 Å². The third-order valence-electron chi connectivity index (χ3n) is 5.85. The number of methoxy groups -OCH3 is 1. The number of hydrogen-bond acceptors (Lipinski definition) is 7. The summed E-state index contributed by atoms with van der Waals surface area (Å²) in [4.78, 5) is 28.0. The van der Waals surface area contributed by atoms with Crippen LogP contribution >= 0.6 is 0 Å². The first-order valence-electron chi connectivity index (χ1n) is 11.8. The lowest BCUT2D eigenvalue weighted by Crippen LogP contribution is -2.52. The van der Waals surface area contributed by atoms with Crippen LogP contribution < -0.4 is 23.8 Å². The van der Waals surface area contributed by atoms with Gasteiger partial charge in [0.15, 0.2) is 11.5 Å². The summed E-state index contributed by atoms with van der Waals surface area (Å²) in [5, 5.41) is 2.78. The molecule has 0 spiro atoms. The summed E-state index contributed by atoms with van der Waals surface area (Å²) in [5.74, 6) is 0.494. The van der Waals surface area contributed by atoms with E-state index < -0.39 is 28.5 Å². The minimum Gasteiger partial charge on any atom is -0.497 e. The zero-order valence-corrected chi connectivity index (χ0v) is 21.8. The van der Waals surface area contributed by atoms with E-state index in [4.69, 9.17) is 14.2 Å². The van der Waals surface area contributed by atoms with E-state index in [0.717, 1.165) is 9.87 Å². The maximum Gasteiger partial charge on any atom is 0.244 e. The first kappa shape index (κ1) is 27.1. The van der Waals surface area contributed by atoms with Crippen LogP contribution in [0.25, 0.3) is 0 Å². The number of carbonyl (C=O) groups excluding carboxylic acids is 2. The Balaban J connectivity index is 1.98. The molecule has 1 aliphatic heterocycles. The van der Waals surface area contributed by atoms with Crippen molar-refractivity contribution in [3.05, 3.63) is 48.0 Å². The largest absolute Gasteiger partial charge is 0.497 e. The molecule has 0 radical (unpaired) electrons. The number of fused-ring (bicyclic) bond motifs is 1. The Morgan fingerprint density at radius 3 is 2.50 bits per heavy atom. The first-order valence-corrected chi connectivity index (χ1v) is 13.4. The maximum absolute atomic E-state index is 13.7. The van der Waals surface area contributed by atoms with Gasteiger partial charge in [-0.05, 0) is 50.1 Å². The highest BCUT2D eigenvalue weighted by Gasteiger charge is 2.33. The van der Waals surface area contributed by atoms with E-state index >= 15 is 0 Å². The van der Waals surface area contributed by atoms with Gasteiger partial charge < -0.3 is 24.4 Å². The third-order valence-corrected chi connectivity index (χ3v) is 7.59. The molecule has 10 nitrogen and oxygen atoms in total. The van der Waals surface area contributed by atoms with Crippen molar-refractivity contribution in [2.45, 2.75) is 39.8 Å². The van der Waals surface area contributed by atoms with Gasteiger partial charge in [-0.15, -0.1) is 0 Å². The molecule has 0 bridgehead atoms. The topological polar surface area (TPSA) is 114 Å². The molecule has 0 fully saturated rings. The molecule has 11 heteroatoms. The number of hydrogen-bond donors (Lipinski definition) is 1. The molecule has 2 aromatic rings. The van der Waals surface area contributed by atoms with Crippen molar-refractivity contribution in [2.24, 2.45) is 0 Å². The summed E-state index contributed by atoms with van der Waals surface area (Å²) >= 11 is 0. The van der Waals surface area contributed by atoms with Gasteiger partial charge in [0, 0.05) is 19.2 Å².